The fourth-order valence-corrected chi connectivity index (χ4v) is 1.77. The number of fused-ring (bicyclic) bond motifs is 1. The lowest BCUT2D eigenvalue weighted by Gasteiger charge is -2.03. The zero-order valence-electron chi connectivity index (χ0n) is 8.86. The highest BCUT2D eigenvalue weighted by Crippen LogP contribution is 2.10. The van der Waals surface area contributed by atoms with E-state index in [-0.39, 0.29) is 0 Å². The minimum absolute atomic E-state index is 0.797. The third kappa shape index (κ3) is 2.48. The van der Waals surface area contributed by atoms with Gasteiger partial charge < -0.3 is 5.32 Å². The SMILES string of the molecule is C=CCCNCc1cnc2cnc(Br)cn12. The van der Waals surface area contributed by atoms with Crippen LogP contribution in [-0.4, -0.2) is 20.9 Å². The van der Waals surface area contributed by atoms with E-state index in [0.717, 1.165) is 35.5 Å². The molecule has 0 aliphatic carbocycles. The normalized spacial score (nSPS) is 10.8. The van der Waals surface area contributed by atoms with Crippen LogP contribution in [0.3, 0.4) is 0 Å². The van der Waals surface area contributed by atoms with E-state index in [0.29, 0.717) is 0 Å². The molecular formula is C11H13BrN4. The van der Waals surface area contributed by atoms with Gasteiger partial charge >= 0.3 is 0 Å². The first-order valence-corrected chi connectivity index (χ1v) is 5.89. The fourth-order valence-electron chi connectivity index (χ4n) is 1.47. The fraction of sp³-hybridized carbons (Fsp3) is 0.273. The van der Waals surface area contributed by atoms with Crippen LogP contribution in [0.5, 0.6) is 0 Å². The molecule has 0 fully saturated rings. The van der Waals surface area contributed by atoms with E-state index < -0.39 is 0 Å². The summed E-state index contributed by atoms with van der Waals surface area (Å²) in [7, 11) is 0. The lowest BCUT2D eigenvalue weighted by atomic mass is 10.4. The van der Waals surface area contributed by atoms with Crippen LogP contribution in [0.25, 0.3) is 5.65 Å². The maximum atomic E-state index is 4.28. The van der Waals surface area contributed by atoms with Crippen LogP contribution in [-0.2, 0) is 6.54 Å². The van der Waals surface area contributed by atoms with E-state index in [2.05, 4.69) is 37.8 Å². The van der Waals surface area contributed by atoms with Gasteiger partial charge in [-0.15, -0.1) is 6.58 Å². The summed E-state index contributed by atoms with van der Waals surface area (Å²) in [5.74, 6) is 0. The quantitative estimate of drug-likeness (QED) is 0.674. The van der Waals surface area contributed by atoms with Crippen molar-refractivity contribution in [2.24, 2.45) is 0 Å². The van der Waals surface area contributed by atoms with Crippen molar-refractivity contribution in [2.75, 3.05) is 6.54 Å². The van der Waals surface area contributed by atoms with Gasteiger partial charge in [0.2, 0.25) is 0 Å². The Bertz CT molecular complexity index is 492. The van der Waals surface area contributed by atoms with Crippen molar-refractivity contribution in [3.05, 3.63) is 41.5 Å². The maximum absolute atomic E-state index is 4.28. The van der Waals surface area contributed by atoms with Gasteiger partial charge in [-0.25, -0.2) is 9.97 Å². The zero-order chi connectivity index (χ0) is 11.4. The van der Waals surface area contributed by atoms with Gasteiger partial charge in [-0.05, 0) is 28.9 Å². The van der Waals surface area contributed by atoms with Crippen LogP contribution in [0, 0.1) is 0 Å². The molecule has 0 atom stereocenters. The Balaban J connectivity index is 2.11. The predicted molar refractivity (Wildman–Crippen MR) is 67.2 cm³/mol. The number of nitrogens with zero attached hydrogens (tertiary/aromatic N) is 3. The second kappa shape index (κ2) is 5.23. The number of halogens is 1. The van der Waals surface area contributed by atoms with Gasteiger partial charge in [-0.2, -0.15) is 0 Å². The first-order chi connectivity index (χ1) is 7.81. The molecule has 0 aliphatic heterocycles. The van der Waals surface area contributed by atoms with E-state index in [1.54, 1.807) is 6.20 Å². The molecule has 0 saturated carbocycles. The summed E-state index contributed by atoms with van der Waals surface area (Å²) >= 11 is 3.35. The summed E-state index contributed by atoms with van der Waals surface area (Å²) in [6, 6.07) is 0. The Labute approximate surface area is 103 Å². The molecule has 2 rings (SSSR count). The van der Waals surface area contributed by atoms with Gasteiger partial charge in [-0.1, -0.05) is 6.08 Å². The van der Waals surface area contributed by atoms with Gasteiger partial charge in [0.05, 0.1) is 18.1 Å². The summed E-state index contributed by atoms with van der Waals surface area (Å²) in [5.41, 5.74) is 1.99. The number of hydrogen-bond donors (Lipinski definition) is 1. The van der Waals surface area contributed by atoms with Gasteiger partial charge in [0.25, 0.3) is 0 Å². The van der Waals surface area contributed by atoms with E-state index in [9.17, 15) is 0 Å². The van der Waals surface area contributed by atoms with Crippen molar-refractivity contribution in [2.45, 2.75) is 13.0 Å². The molecule has 2 heterocycles. The second-order valence-corrected chi connectivity index (χ2v) is 4.25. The van der Waals surface area contributed by atoms with Crippen molar-refractivity contribution in [3.63, 3.8) is 0 Å². The highest BCUT2D eigenvalue weighted by atomic mass is 79.9. The molecular weight excluding hydrogens is 268 g/mol. The third-order valence-electron chi connectivity index (χ3n) is 2.27. The van der Waals surface area contributed by atoms with Crippen molar-refractivity contribution < 1.29 is 0 Å². The van der Waals surface area contributed by atoms with Crippen LogP contribution in [0.4, 0.5) is 0 Å². The smallest absolute Gasteiger partial charge is 0.155 e. The molecule has 0 bridgehead atoms. The molecule has 0 saturated heterocycles. The largest absolute Gasteiger partial charge is 0.311 e. The second-order valence-electron chi connectivity index (χ2n) is 3.44. The predicted octanol–water partition coefficient (Wildman–Crippen LogP) is 2.16. The third-order valence-corrected chi connectivity index (χ3v) is 2.68. The van der Waals surface area contributed by atoms with Crippen molar-refractivity contribution in [1.82, 2.24) is 19.7 Å². The summed E-state index contributed by atoms with van der Waals surface area (Å²) < 4.78 is 2.84. The van der Waals surface area contributed by atoms with Gasteiger partial charge in [0.1, 0.15) is 4.60 Å². The Hall–Kier alpha value is -1.20. The number of nitrogens with one attached hydrogen (secondary N) is 1. The van der Waals surface area contributed by atoms with Crippen LogP contribution in [0.15, 0.2) is 35.8 Å². The van der Waals surface area contributed by atoms with Crippen molar-refractivity contribution in [3.8, 4) is 0 Å². The Morgan fingerprint density at radius 1 is 1.44 bits per heavy atom. The number of hydrogen-bond acceptors (Lipinski definition) is 3. The molecule has 16 heavy (non-hydrogen) atoms. The molecule has 0 radical (unpaired) electrons. The standard InChI is InChI=1S/C11H13BrN4/c1-2-3-4-13-5-9-6-15-11-7-14-10(12)8-16(9)11/h2,6-8,13H,1,3-5H2. The van der Waals surface area contributed by atoms with E-state index in [1.165, 1.54) is 0 Å². The van der Waals surface area contributed by atoms with Crippen LogP contribution in [0.2, 0.25) is 0 Å². The van der Waals surface area contributed by atoms with Gasteiger partial charge in [0.15, 0.2) is 5.65 Å². The summed E-state index contributed by atoms with van der Waals surface area (Å²) in [5, 5.41) is 3.33. The van der Waals surface area contributed by atoms with Crippen LogP contribution in [0.1, 0.15) is 12.1 Å². The highest BCUT2D eigenvalue weighted by Gasteiger charge is 2.03. The van der Waals surface area contributed by atoms with Crippen molar-refractivity contribution >= 4 is 21.6 Å². The molecule has 1 N–H and O–H groups in total. The molecule has 2 aromatic heterocycles. The van der Waals surface area contributed by atoms with E-state index in [4.69, 9.17) is 0 Å². The minimum Gasteiger partial charge on any atom is -0.311 e. The van der Waals surface area contributed by atoms with Crippen LogP contribution >= 0.6 is 15.9 Å². The molecule has 0 unspecified atom stereocenters. The van der Waals surface area contributed by atoms with Gasteiger partial charge in [0, 0.05) is 12.7 Å². The van der Waals surface area contributed by atoms with Crippen LogP contribution < -0.4 is 5.32 Å². The Morgan fingerprint density at radius 3 is 3.12 bits per heavy atom. The zero-order valence-corrected chi connectivity index (χ0v) is 10.4. The Morgan fingerprint density at radius 2 is 2.31 bits per heavy atom. The summed E-state index contributed by atoms with van der Waals surface area (Å²) in [4.78, 5) is 8.41. The maximum Gasteiger partial charge on any atom is 0.155 e. The monoisotopic (exact) mass is 280 g/mol. The molecule has 2 aromatic rings. The molecule has 0 aromatic carbocycles. The minimum atomic E-state index is 0.797. The molecule has 0 amide bonds. The first kappa shape index (κ1) is 11.3. The average molecular weight is 281 g/mol. The molecule has 0 spiro atoms. The molecule has 4 nitrogen and oxygen atoms in total. The number of rotatable bonds is 5. The summed E-state index contributed by atoms with van der Waals surface area (Å²) in [6.45, 7) is 5.42. The molecule has 0 aliphatic rings. The highest BCUT2D eigenvalue weighted by molar-refractivity contribution is 9.10. The number of imidazole rings is 1. The average Bonchev–Trinajstić information content (AvgIpc) is 2.67. The van der Waals surface area contributed by atoms with E-state index in [1.807, 2.05) is 22.9 Å². The summed E-state index contributed by atoms with van der Waals surface area (Å²) in [6.07, 6.45) is 8.42. The Kier molecular flexibility index (Phi) is 3.69. The topological polar surface area (TPSA) is 42.2 Å². The number of aromatic nitrogens is 3. The van der Waals surface area contributed by atoms with Gasteiger partial charge in [-0.3, -0.25) is 4.40 Å². The molecule has 5 heteroatoms. The van der Waals surface area contributed by atoms with E-state index >= 15 is 0 Å². The lowest BCUT2D eigenvalue weighted by molar-refractivity contribution is 0.678. The first-order valence-electron chi connectivity index (χ1n) is 5.10. The van der Waals surface area contributed by atoms with Crippen molar-refractivity contribution in [1.29, 1.82) is 0 Å². The lowest BCUT2D eigenvalue weighted by Crippen LogP contribution is -2.15. The molecule has 84 valence electrons.